The Balaban J connectivity index is 1.65. The van der Waals surface area contributed by atoms with E-state index < -0.39 is 0 Å². The Hall–Kier alpha value is -1.88. The number of aryl methyl sites for hydroxylation is 1. The van der Waals surface area contributed by atoms with Crippen molar-refractivity contribution in [1.82, 2.24) is 15.1 Å². The Morgan fingerprint density at radius 2 is 1.67 bits per heavy atom. The molecule has 1 N–H and O–H groups in total. The second-order valence-corrected chi connectivity index (χ2v) is 8.30. The van der Waals surface area contributed by atoms with Crippen LogP contribution < -0.4 is 5.32 Å². The Morgan fingerprint density at radius 3 is 2.26 bits per heavy atom. The smallest absolute Gasteiger partial charge is 0.254 e. The van der Waals surface area contributed by atoms with Crippen LogP contribution in [-0.4, -0.2) is 59.9 Å². The highest BCUT2D eigenvalue weighted by Gasteiger charge is 2.37. The highest BCUT2D eigenvalue weighted by Crippen LogP contribution is 2.31. The molecule has 0 bridgehead atoms. The number of rotatable bonds is 5. The summed E-state index contributed by atoms with van der Waals surface area (Å²) in [5.74, 6) is 0.717. The van der Waals surface area contributed by atoms with Gasteiger partial charge in [-0.1, -0.05) is 31.0 Å². The lowest BCUT2D eigenvalue weighted by atomic mass is 9.94. The first-order chi connectivity index (χ1) is 13.0. The van der Waals surface area contributed by atoms with Crippen molar-refractivity contribution < 1.29 is 9.59 Å². The van der Waals surface area contributed by atoms with Crippen LogP contribution in [0.25, 0.3) is 0 Å². The van der Waals surface area contributed by atoms with Gasteiger partial charge in [0.15, 0.2) is 0 Å². The number of hydrogen-bond acceptors (Lipinski definition) is 3. The number of piperazine rings is 1. The lowest BCUT2D eigenvalue weighted by molar-refractivity contribution is -0.129. The lowest BCUT2D eigenvalue weighted by Gasteiger charge is -2.41. The summed E-state index contributed by atoms with van der Waals surface area (Å²) in [7, 11) is 0. The molecule has 2 amide bonds. The summed E-state index contributed by atoms with van der Waals surface area (Å²) in [5.41, 5.74) is 1.81. The van der Waals surface area contributed by atoms with E-state index in [1.165, 1.54) is 12.8 Å². The van der Waals surface area contributed by atoms with Crippen LogP contribution in [0.5, 0.6) is 0 Å². The van der Waals surface area contributed by atoms with Crippen LogP contribution in [-0.2, 0) is 4.79 Å². The van der Waals surface area contributed by atoms with Gasteiger partial charge in [-0.15, -0.1) is 0 Å². The van der Waals surface area contributed by atoms with Crippen molar-refractivity contribution in [1.29, 1.82) is 0 Å². The average Bonchev–Trinajstić information content (AvgIpc) is 3.16. The van der Waals surface area contributed by atoms with Gasteiger partial charge in [0.2, 0.25) is 5.91 Å². The largest absolute Gasteiger partial charge is 0.353 e. The van der Waals surface area contributed by atoms with E-state index in [-0.39, 0.29) is 23.9 Å². The first kappa shape index (κ1) is 19.9. The van der Waals surface area contributed by atoms with E-state index in [0.29, 0.717) is 19.0 Å². The van der Waals surface area contributed by atoms with E-state index in [2.05, 4.69) is 10.2 Å². The summed E-state index contributed by atoms with van der Waals surface area (Å²) in [6.45, 7) is 8.92. The topological polar surface area (TPSA) is 52.7 Å². The fraction of sp³-hybridized carbons (Fsp3) is 0.636. The van der Waals surface area contributed by atoms with Gasteiger partial charge in [-0.25, -0.2) is 0 Å². The summed E-state index contributed by atoms with van der Waals surface area (Å²) < 4.78 is 0. The van der Waals surface area contributed by atoms with E-state index in [1.54, 1.807) is 0 Å². The molecule has 1 saturated heterocycles. The fourth-order valence-corrected chi connectivity index (χ4v) is 4.51. The third-order valence-electron chi connectivity index (χ3n) is 5.92. The minimum atomic E-state index is -0.0504. The Labute approximate surface area is 163 Å². The normalized spacial score (nSPS) is 20.1. The standard InChI is InChI=1S/C22H33N3O2/c1-16(2)23-21(26)20(18-9-5-6-10-18)24-12-14-25(15-13-24)22(27)19-11-7-4-8-17(19)3/h4,7-8,11,16,18,20H,5-6,9-10,12-15H2,1-3H3,(H,23,26). The van der Waals surface area contributed by atoms with Crippen LogP contribution in [0.4, 0.5) is 0 Å². The van der Waals surface area contributed by atoms with Crippen molar-refractivity contribution in [3.63, 3.8) is 0 Å². The zero-order chi connectivity index (χ0) is 19.4. The molecule has 1 aliphatic carbocycles. The number of nitrogens with zero attached hydrogens (tertiary/aromatic N) is 2. The van der Waals surface area contributed by atoms with Crippen molar-refractivity contribution in [3.05, 3.63) is 35.4 Å². The van der Waals surface area contributed by atoms with Crippen LogP contribution in [0.2, 0.25) is 0 Å². The zero-order valence-corrected chi connectivity index (χ0v) is 16.9. The lowest BCUT2D eigenvalue weighted by Crippen LogP contribution is -2.58. The number of hydrogen-bond donors (Lipinski definition) is 1. The van der Waals surface area contributed by atoms with Crippen molar-refractivity contribution in [3.8, 4) is 0 Å². The molecule has 0 spiro atoms. The van der Waals surface area contributed by atoms with Gasteiger partial charge in [-0.2, -0.15) is 0 Å². The molecular formula is C22H33N3O2. The molecule has 1 atom stereocenters. The van der Waals surface area contributed by atoms with E-state index in [1.807, 2.05) is 49.9 Å². The van der Waals surface area contributed by atoms with Crippen LogP contribution in [0.1, 0.15) is 55.5 Å². The van der Waals surface area contributed by atoms with Gasteiger partial charge in [-0.05, 0) is 51.2 Å². The molecule has 2 fully saturated rings. The number of amides is 2. The summed E-state index contributed by atoms with van der Waals surface area (Å²) in [5, 5.41) is 3.12. The van der Waals surface area contributed by atoms with Gasteiger partial charge in [-0.3, -0.25) is 14.5 Å². The van der Waals surface area contributed by atoms with Gasteiger partial charge in [0.25, 0.3) is 5.91 Å². The maximum Gasteiger partial charge on any atom is 0.254 e. The van der Waals surface area contributed by atoms with Crippen molar-refractivity contribution >= 4 is 11.8 Å². The Bertz CT molecular complexity index is 659. The molecule has 27 heavy (non-hydrogen) atoms. The zero-order valence-electron chi connectivity index (χ0n) is 16.9. The highest BCUT2D eigenvalue weighted by atomic mass is 16.2. The third-order valence-corrected chi connectivity index (χ3v) is 5.92. The van der Waals surface area contributed by atoms with Crippen molar-refractivity contribution in [2.75, 3.05) is 26.2 Å². The molecule has 3 rings (SSSR count). The molecule has 2 aliphatic rings. The van der Waals surface area contributed by atoms with E-state index in [4.69, 9.17) is 0 Å². The SMILES string of the molecule is Cc1ccccc1C(=O)N1CCN(C(C(=O)NC(C)C)C2CCCC2)CC1. The minimum Gasteiger partial charge on any atom is -0.353 e. The third kappa shape index (κ3) is 4.70. The Morgan fingerprint density at radius 1 is 1.04 bits per heavy atom. The molecule has 1 saturated carbocycles. The van der Waals surface area contributed by atoms with Crippen molar-refractivity contribution in [2.45, 2.75) is 58.5 Å². The minimum absolute atomic E-state index is 0.0504. The van der Waals surface area contributed by atoms with Crippen LogP contribution in [0, 0.1) is 12.8 Å². The number of benzene rings is 1. The van der Waals surface area contributed by atoms with Gasteiger partial charge in [0.05, 0.1) is 6.04 Å². The molecule has 0 aromatic heterocycles. The van der Waals surface area contributed by atoms with Crippen LogP contribution in [0.15, 0.2) is 24.3 Å². The van der Waals surface area contributed by atoms with Crippen LogP contribution in [0.3, 0.4) is 0 Å². The summed E-state index contributed by atoms with van der Waals surface area (Å²) >= 11 is 0. The molecule has 1 unspecified atom stereocenters. The van der Waals surface area contributed by atoms with Crippen molar-refractivity contribution in [2.24, 2.45) is 5.92 Å². The molecule has 148 valence electrons. The molecule has 1 aromatic carbocycles. The second-order valence-electron chi connectivity index (χ2n) is 8.30. The summed E-state index contributed by atoms with van der Waals surface area (Å²) in [4.78, 5) is 30.0. The van der Waals surface area contributed by atoms with Gasteiger partial charge in [0, 0.05) is 37.8 Å². The van der Waals surface area contributed by atoms with Crippen LogP contribution >= 0.6 is 0 Å². The second kappa shape index (κ2) is 8.87. The number of carbonyl (C=O) groups excluding carboxylic acids is 2. The number of nitrogens with one attached hydrogen (secondary N) is 1. The maximum atomic E-state index is 12.9. The Kier molecular flexibility index (Phi) is 6.53. The molecular weight excluding hydrogens is 338 g/mol. The highest BCUT2D eigenvalue weighted by molar-refractivity contribution is 5.95. The van der Waals surface area contributed by atoms with E-state index in [0.717, 1.165) is 37.1 Å². The van der Waals surface area contributed by atoms with E-state index >= 15 is 0 Å². The predicted molar refractivity (Wildman–Crippen MR) is 108 cm³/mol. The van der Waals surface area contributed by atoms with Gasteiger partial charge in [0.1, 0.15) is 0 Å². The van der Waals surface area contributed by atoms with Gasteiger partial charge >= 0.3 is 0 Å². The first-order valence-electron chi connectivity index (χ1n) is 10.4. The molecule has 1 heterocycles. The molecule has 0 radical (unpaired) electrons. The van der Waals surface area contributed by atoms with Gasteiger partial charge < -0.3 is 10.2 Å². The molecule has 1 aromatic rings. The predicted octanol–water partition coefficient (Wildman–Crippen LogP) is 2.84. The molecule has 5 nitrogen and oxygen atoms in total. The molecule has 5 heteroatoms. The average molecular weight is 372 g/mol. The quantitative estimate of drug-likeness (QED) is 0.866. The van der Waals surface area contributed by atoms with E-state index in [9.17, 15) is 9.59 Å². The monoisotopic (exact) mass is 371 g/mol. The fourth-order valence-electron chi connectivity index (χ4n) is 4.51. The summed E-state index contributed by atoms with van der Waals surface area (Å²) in [6.07, 6.45) is 4.72. The first-order valence-corrected chi connectivity index (χ1v) is 10.4. The molecule has 1 aliphatic heterocycles. The maximum absolute atomic E-state index is 12.9. The number of carbonyl (C=O) groups is 2. The summed E-state index contributed by atoms with van der Waals surface area (Å²) in [6, 6.07) is 7.87.